The van der Waals surface area contributed by atoms with Crippen molar-refractivity contribution in [3.05, 3.63) is 95.4 Å². The van der Waals surface area contributed by atoms with Gasteiger partial charge in [0.25, 0.3) is 0 Å². The highest BCUT2D eigenvalue weighted by Gasteiger charge is 2.24. The summed E-state index contributed by atoms with van der Waals surface area (Å²) in [6, 6.07) is 23.6. The second-order valence-corrected chi connectivity index (χ2v) is 8.87. The van der Waals surface area contributed by atoms with Gasteiger partial charge in [-0.1, -0.05) is 67.6 Å². The van der Waals surface area contributed by atoms with Gasteiger partial charge >= 0.3 is 5.97 Å². The summed E-state index contributed by atoms with van der Waals surface area (Å²) < 4.78 is 11.2. The maximum absolute atomic E-state index is 13.5. The quantitative estimate of drug-likeness (QED) is 0.325. The minimum atomic E-state index is -0.334. The van der Waals surface area contributed by atoms with E-state index < -0.39 is 0 Å². The Morgan fingerprint density at radius 2 is 1.57 bits per heavy atom. The zero-order chi connectivity index (χ0) is 25.0. The van der Waals surface area contributed by atoms with Crippen LogP contribution in [0.25, 0.3) is 0 Å². The molecule has 0 N–H and O–H groups in total. The molecule has 0 aliphatic carbocycles. The maximum Gasteiger partial charge on any atom is 0.320 e. The first kappa shape index (κ1) is 26.2. The third-order valence-electron chi connectivity index (χ3n) is 6.14. The highest BCUT2D eigenvalue weighted by atomic mass is 16.5. The molecule has 3 aromatic rings. The summed E-state index contributed by atoms with van der Waals surface area (Å²) in [5.74, 6) is 1.20. The normalized spacial score (nSPS) is 11.9. The molecule has 6 heteroatoms. The molecule has 0 radical (unpaired) electrons. The minimum absolute atomic E-state index is 0.0360. The van der Waals surface area contributed by atoms with E-state index in [-0.39, 0.29) is 37.6 Å². The summed E-state index contributed by atoms with van der Waals surface area (Å²) in [7, 11) is 0. The summed E-state index contributed by atoms with van der Waals surface area (Å²) in [6.07, 6.45) is 1.56. The molecule has 0 saturated heterocycles. The molecule has 0 unspecified atom stereocenters. The molecule has 0 aliphatic rings. The number of furan rings is 1. The Kier molecular flexibility index (Phi) is 10.1. The highest BCUT2D eigenvalue weighted by Crippen LogP contribution is 2.13. The van der Waals surface area contributed by atoms with E-state index in [1.54, 1.807) is 0 Å². The van der Waals surface area contributed by atoms with E-state index in [1.165, 1.54) is 5.56 Å². The van der Waals surface area contributed by atoms with E-state index in [1.807, 2.05) is 84.3 Å². The van der Waals surface area contributed by atoms with E-state index in [2.05, 4.69) is 19.1 Å². The van der Waals surface area contributed by atoms with Crippen LogP contribution in [0.15, 0.2) is 77.2 Å². The van der Waals surface area contributed by atoms with Gasteiger partial charge in [0.05, 0.1) is 19.6 Å². The van der Waals surface area contributed by atoms with Crippen molar-refractivity contribution in [1.29, 1.82) is 0 Å². The zero-order valence-electron chi connectivity index (χ0n) is 21.0. The second kappa shape index (κ2) is 13.5. The molecule has 0 aliphatic heterocycles. The molecule has 0 bridgehead atoms. The summed E-state index contributed by atoms with van der Waals surface area (Å²) >= 11 is 0. The predicted octanol–water partition coefficient (Wildman–Crippen LogP) is 5.00. The number of aryl methyl sites for hydroxylation is 1. The Morgan fingerprint density at radius 3 is 2.17 bits per heavy atom. The number of amides is 1. The Morgan fingerprint density at radius 1 is 0.914 bits per heavy atom. The summed E-state index contributed by atoms with van der Waals surface area (Å²) in [6.45, 7) is 7.37. The number of hydrogen-bond acceptors (Lipinski definition) is 5. The highest BCUT2D eigenvalue weighted by molar-refractivity contribution is 5.79. The Labute approximate surface area is 208 Å². The van der Waals surface area contributed by atoms with Crippen molar-refractivity contribution in [2.75, 3.05) is 19.6 Å². The van der Waals surface area contributed by atoms with Gasteiger partial charge in [0.1, 0.15) is 18.1 Å². The van der Waals surface area contributed by atoms with Crippen molar-refractivity contribution in [3.8, 4) is 0 Å². The van der Waals surface area contributed by atoms with Crippen molar-refractivity contribution < 1.29 is 18.7 Å². The lowest BCUT2D eigenvalue weighted by molar-refractivity contribution is -0.147. The van der Waals surface area contributed by atoms with Crippen LogP contribution in [0.1, 0.15) is 42.9 Å². The summed E-state index contributed by atoms with van der Waals surface area (Å²) in [5, 5.41) is 0. The fourth-order valence-corrected chi connectivity index (χ4v) is 3.81. The molecule has 186 valence electrons. The number of benzene rings is 2. The summed E-state index contributed by atoms with van der Waals surface area (Å²) in [4.78, 5) is 29.8. The molecule has 2 aromatic carbocycles. The lowest BCUT2D eigenvalue weighted by Gasteiger charge is -2.30. The first-order valence-corrected chi connectivity index (χ1v) is 12.2. The first-order valence-electron chi connectivity index (χ1n) is 12.2. The SMILES string of the molecule is CC[C@@H](C)N(CC(=O)OCc1ccccc1)CC(=O)N(CCc1ccccc1)Cc1ccc(C)o1. The van der Waals surface area contributed by atoms with Crippen LogP contribution in [0.5, 0.6) is 0 Å². The average molecular weight is 477 g/mol. The molecule has 1 atom stereocenters. The van der Waals surface area contributed by atoms with Gasteiger partial charge in [0.2, 0.25) is 5.91 Å². The topological polar surface area (TPSA) is 63.0 Å². The monoisotopic (exact) mass is 476 g/mol. The Bertz CT molecular complexity index is 1050. The van der Waals surface area contributed by atoms with E-state index in [9.17, 15) is 9.59 Å². The molecular weight excluding hydrogens is 440 g/mol. The fraction of sp³-hybridized carbons (Fsp3) is 0.379. The lowest BCUT2D eigenvalue weighted by atomic mass is 10.1. The fourth-order valence-electron chi connectivity index (χ4n) is 3.81. The molecule has 6 nitrogen and oxygen atoms in total. The molecule has 3 rings (SSSR count). The molecule has 35 heavy (non-hydrogen) atoms. The number of esters is 1. The molecule has 0 fully saturated rings. The molecule has 1 aromatic heterocycles. The van der Waals surface area contributed by atoms with Crippen molar-refractivity contribution in [1.82, 2.24) is 9.80 Å². The number of hydrogen-bond donors (Lipinski definition) is 0. The van der Waals surface area contributed by atoms with Gasteiger partial charge in [0, 0.05) is 12.6 Å². The number of carbonyl (C=O) groups excluding carboxylic acids is 2. The van der Waals surface area contributed by atoms with Gasteiger partial charge in [0.15, 0.2) is 0 Å². The largest absolute Gasteiger partial charge is 0.464 e. The third-order valence-corrected chi connectivity index (χ3v) is 6.14. The van der Waals surface area contributed by atoms with E-state index in [0.29, 0.717) is 13.1 Å². The van der Waals surface area contributed by atoms with Crippen molar-refractivity contribution >= 4 is 11.9 Å². The van der Waals surface area contributed by atoms with Crippen LogP contribution >= 0.6 is 0 Å². The van der Waals surface area contributed by atoms with Gasteiger partial charge in [-0.2, -0.15) is 0 Å². The zero-order valence-corrected chi connectivity index (χ0v) is 21.0. The van der Waals surface area contributed by atoms with Crippen LogP contribution in [0.2, 0.25) is 0 Å². The first-order chi connectivity index (χ1) is 16.9. The number of carbonyl (C=O) groups is 2. The maximum atomic E-state index is 13.5. The Hall–Kier alpha value is -3.38. The molecule has 0 saturated carbocycles. The van der Waals surface area contributed by atoms with Gasteiger partial charge in [-0.05, 0) is 49.9 Å². The van der Waals surface area contributed by atoms with Gasteiger partial charge < -0.3 is 14.1 Å². The van der Waals surface area contributed by atoms with E-state index in [0.717, 1.165) is 29.9 Å². The smallest absolute Gasteiger partial charge is 0.320 e. The predicted molar refractivity (Wildman–Crippen MR) is 137 cm³/mol. The number of rotatable bonds is 13. The molecular formula is C29H36N2O4. The van der Waals surface area contributed by atoms with Crippen LogP contribution < -0.4 is 0 Å². The van der Waals surface area contributed by atoms with Crippen LogP contribution in [0.4, 0.5) is 0 Å². The summed E-state index contributed by atoms with van der Waals surface area (Å²) in [5.41, 5.74) is 2.11. The van der Waals surface area contributed by atoms with Gasteiger partial charge in [-0.15, -0.1) is 0 Å². The second-order valence-electron chi connectivity index (χ2n) is 8.87. The van der Waals surface area contributed by atoms with Crippen molar-refractivity contribution in [2.24, 2.45) is 0 Å². The van der Waals surface area contributed by atoms with Gasteiger partial charge in [-0.25, -0.2) is 0 Å². The number of nitrogens with zero attached hydrogens (tertiary/aromatic N) is 2. The minimum Gasteiger partial charge on any atom is -0.464 e. The lowest BCUT2D eigenvalue weighted by Crippen LogP contribution is -2.46. The van der Waals surface area contributed by atoms with E-state index >= 15 is 0 Å². The molecule has 1 amide bonds. The Balaban J connectivity index is 1.64. The van der Waals surface area contributed by atoms with E-state index in [4.69, 9.17) is 9.15 Å². The van der Waals surface area contributed by atoms with Crippen LogP contribution in [-0.2, 0) is 33.9 Å². The molecule has 1 heterocycles. The standard InChI is InChI=1S/C29H36N2O4/c1-4-23(2)31(21-29(33)34-22-26-13-9-6-10-14-26)20-28(32)30(19-27-16-15-24(3)35-27)18-17-25-11-7-5-8-12-25/h5-16,23H,4,17-22H2,1-3H3/t23-/m1/s1. The number of ether oxygens (including phenoxy) is 1. The third kappa shape index (κ3) is 8.72. The van der Waals surface area contributed by atoms with Gasteiger partial charge in [-0.3, -0.25) is 14.5 Å². The van der Waals surface area contributed by atoms with Crippen molar-refractivity contribution in [2.45, 2.75) is 52.8 Å². The van der Waals surface area contributed by atoms with Crippen LogP contribution in [0, 0.1) is 6.92 Å². The van der Waals surface area contributed by atoms with Crippen molar-refractivity contribution in [3.63, 3.8) is 0 Å². The molecule has 0 spiro atoms. The van der Waals surface area contributed by atoms with Crippen LogP contribution in [-0.4, -0.2) is 47.4 Å². The average Bonchev–Trinajstić information content (AvgIpc) is 3.30. The van der Waals surface area contributed by atoms with Crippen LogP contribution in [0.3, 0.4) is 0 Å².